The fourth-order valence-electron chi connectivity index (χ4n) is 1.68. The summed E-state index contributed by atoms with van der Waals surface area (Å²) in [4.78, 5) is 24.0. The summed E-state index contributed by atoms with van der Waals surface area (Å²) in [7, 11) is 0. The normalized spacial score (nSPS) is 11.1. The molecule has 1 aromatic carbocycles. The van der Waals surface area contributed by atoms with Crippen LogP contribution in [0, 0.1) is 0 Å². The lowest BCUT2D eigenvalue weighted by molar-refractivity contribution is -0.107. The summed E-state index contributed by atoms with van der Waals surface area (Å²) < 4.78 is 0. The van der Waals surface area contributed by atoms with Crippen molar-refractivity contribution in [2.75, 3.05) is 0 Å². The summed E-state index contributed by atoms with van der Waals surface area (Å²) in [5.74, 6) is -0.953. The highest BCUT2D eigenvalue weighted by Gasteiger charge is 2.09. The lowest BCUT2D eigenvalue weighted by Crippen LogP contribution is -1.93. The number of aromatic carboxylic acids is 1. The number of aromatic nitrogens is 1. The molecule has 0 atom stereocenters. The summed E-state index contributed by atoms with van der Waals surface area (Å²) in [6.45, 7) is 0. The number of benzene rings is 1. The molecule has 0 fully saturated rings. The van der Waals surface area contributed by atoms with Gasteiger partial charge in [-0.2, -0.15) is 0 Å². The molecular formula is C13H11NO3. The summed E-state index contributed by atoms with van der Waals surface area (Å²) in [6.07, 6.45) is 6.19. The number of allylic oxidation sites excluding steroid dienone is 1. The number of carbonyl (C=O) groups is 2. The van der Waals surface area contributed by atoms with Crippen LogP contribution in [-0.4, -0.2) is 22.3 Å². The Hall–Kier alpha value is -2.36. The van der Waals surface area contributed by atoms with E-state index in [1.165, 1.54) is 6.20 Å². The summed E-state index contributed by atoms with van der Waals surface area (Å²) >= 11 is 0. The molecule has 4 nitrogen and oxygen atoms in total. The lowest BCUT2D eigenvalue weighted by Gasteiger charge is -1.96. The average molecular weight is 229 g/mol. The first-order valence-electron chi connectivity index (χ1n) is 5.17. The minimum absolute atomic E-state index is 0.255. The van der Waals surface area contributed by atoms with Gasteiger partial charge in [0.15, 0.2) is 0 Å². The zero-order chi connectivity index (χ0) is 12.3. The van der Waals surface area contributed by atoms with Gasteiger partial charge in [0.05, 0.1) is 5.56 Å². The molecule has 1 aromatic heterocycles. The predicted molar refractivity (Wildman–Crippen MR) is 65.0 cm³/mol. The van der Waals surface area contributed by atoms with E-state index in [4.69, 9.17) is 5.11 Å². The summed E-state index contributed by atoms with van der Waals surface area (Å²) in [6, 6.07) is 5.48. The van der Waals surface area contributed by atoms with E-state index in [9.17, 15) is 9.59 Å². The number of aldehydes is 1. The maximum atomic E-state index is 11.0. The standard InChI is InChI=1S/C13H11NO3/c15-6-2-1-3-9-4-5-12-10(7-9)11(8-14-12)13(16)17/h1,3-8,14H,2H2,(H,16,17). The van der Waals surface area contributed by atoms with E-state index in [0.29, 0.717) is 11.8 Å². The van der Waals surface area contributed by atoms with Gasteiger partial charge in [-0.15, -0.1) is 0 Å². The number of carboxylic acid groups (broad SMARTS) is 1. The monoisotopic (exact) mass is 229 g/mol. The molecule has 17 heavy (non-hydrogen) atoms. The van der Waals surface area contributed by atoms with Gasteiger partial charge in [0, 0.05) is 23.5 Å². The molecule has 2 rings (SSSR count). The van der Waals surface area contributed by atoms with E-state index in [2.05, 4.69) is 4.98 Å². The van der Waals surface area contributed by atoms with Crippen LogP contribution in [0.15, 0.2) is 30.5 Å². The molecule has 86 valence electrons. The molecule has 4 heteroatoms. The highest BCUT2D eigenvalue weighted by molar-refractivity contribution is 6.03. The molecule has 0 saturated carbocycles. The van der Waals surface area contributed by atoms with Crippen molar-refractivity contribution >= 4 is 29.2 Å². The van der Waals surface area contributed by atoms with Gasteiger partial charge in [-0.1, -0.05) is 18.2 Å². The number of hydrogen-bond donors (Lipinski definition) is 2. The van der Waals surface area contributed by atoms with Crippen LogP contribution in [0.25, 0.3) is 17.0 Å². The van der Waals surface area contributed by atoms with Crippen molar-refractivity contribution in [3.05, 3.63) is 41.6 Å². The van der Waals surface area contributed by atoms with Crippen molar-refractivity contribution in [2.24, 2.45) is 0 Å². The topological polar surface area (TPSA) is 70.2 Å². The number of fused-ring (bicyclic) bond motifs is 1. The maximum Gasteiger partial charge on any atom is 0.337 e. The molecule has 0 radical (unpaired) electrons. The lowest BCUT2D eigenvalue weighted by atomic mass is 10.1. The Labute approximate surface area is 97.6 Å². The van der Waals surface area contributed by atoms with Crippen LogP contribution in [0.1, 0.15) is 22.3 Å². The zero-order valence-corrected chi connectivity index (χ0v) is 9.01. The Bertz CT molecular complexity index is 596. The fraction of sp³-hybridized carbons (Fsp3) is 0.0769. The van der Waals surface area contributed by atoms with Crippen molar-refractivity contribution in [1.82, 2.24) is 4.98 Å². The molecule has 0 amide bonds. The van der Waals surface area contributed by atoms with Crippen LogP contribution in [0.4, 0.5) is 0 Å². The molecule has 0 spiro atoms. The van der Waals surface area contributed by atoms with Gasteiger partial charge in [0.1, 0.15) is 6.29 Å². The number of rotatable bonds is 4. The van der Waals surface area contributed by atoms with Crippen molar-refractivity contribution in [3.8, 4) is 0 Å². The second-order valence-corrected chi connectivity index (χ2v) is 3.62. The summed E-state index contributed by atoms with van der Waals surface area (Å²) in [5.41, 5.74) is 1.92. The number of aromatic amines is 1. The number of nitrogens with one attached hydrogen (secondary N) is 1. The molecule has 1 heterocycles. The van der Waals surface area contributed by atoms with E-state index in [1.807, 2.05) is 12.1 Å². The minimum Gasteiger partial charge on any atom is -0.478 e. The maximum absolute atomic E-state index is 11.0. The van der Waals surface area contributed by atoms with Crippen molar-refractivity contribution in [1.29, 1.82) is 0 Å². The van der Waals surface area contributed by atoms with Crippen molar-refractivity contribution in [3.63, 3.8) is 0 Å². The molecule has 2 N–H and O–H groups in total. The van der Waals surface area contributed by atoms with Gasteiger partial charge in [-0.25, -0.2) is 4.79 Å². The van der Waals surface area contributed by atoms with E-state index < -0.39 is 5.97 Å². The Kier molecular flexibility index (Phi) is 3.05. The highest BCUT2D eigenvalue weighted by atomic mass is 16.4. The van der Waals surface area contributed by atoms with Gasteiger partial charge in [-0.05, 0) is 17.7 Å². The van der Waals surface area contributed by atoms with Crippen LogP contribution in [0.5, 0.6) is 0 Å². The molecule has 0 bridgehead atoms. The van der Waals surface area contributed by atoms with E-state index in [0.717, 1.165) is 17.4 Å². The van der Waals surface area contributed by atoms with E-state index >= 15 is 0 Å². The van der Waals surface area contributed by atoms with Crippen LogP contribution < -0.4 is 0 Å². The third-order valence-corrected chi connectivity index (χ3v) is 2.48. The Balaban J connectivity index is 2.44. The Morgan fingerprint density at radius 1 is 1.41 bits per heavy atom. The molecular weight excluding hydrogens is 218 g/mol. The first-order valence-corrected chi connectivity index (χ1v) is 5.17. The van der Waals surface area contributed by atoms with Crippen molar-refractivity contribution < 1.29 is 14.7 Å². The highest BCUT2D eigenvalue weighted by Crippen LogP contribution is 2.20. The SMILES string of the molecule is O=CCC=Cc1ccc2[nH]cc(C(=O)O)c2c1. The van der Waals surface area contributed by atoms with E-state index in [-0.39, 0.29) is 5.56 Å². The molecule has 2 aromatic rings. The van der Waals surface area contributed by atoms with Crippen LogP contribution in [0.2, 0.25) is 0 Å². The fourth-order valence-corrected chi connectivity index (χ4v) is 1.68. The average Bonchev–Trinajstić information content (AvgIpc) is 2.72. The Morgan fingerprint density at radius 2 is 2.24 bits per heavy atom. The van der Waals surface area contributed by atoms with E-state index in [1.54, 1.807) is 18.2 Å². The largest absolute Gasteiger partial charge is 0.478 e. The first-order chi connectivity index (χ1) is 8.22. The van der Waals surface area contributed by atoms with Gasteiger partial charge in [-0.3, -0.25) is 0 Å². The number of carbonyl (C=O) groups excluding carboxylic acids is 1. The van der Waals surface area contributed by atoms with Gasteiger partial charge < -0.3 is 14.9 Å². The predicted octanol–water partition coefficient (Wildman–Crippen LogP) is 2.47. The third-order valence-electron chi connectivity index (χ3n) is 2.48. The smallest absolute Gasteiger partial charge is 0.337 e. The quantitative estimate of drug-likeness (QED) is 0.791. The number of carboxylic acids is 1. The van der Waals surface area contributed by atoms with Gasteiger partial charge in [0.2, 0.25) is 0 Å². The number of H-pyrrole nitrogens is 1. The summed E-state index contributed by atoms with van der Waals surface area (Å²) in [5, 5.41) is 9.66. The molecule has 0 aliphatic heterocycles. The van der Waals surface area contributed by atoms with Crippen LogP contribution in [0.3, 0.4) is 0 Å². The molecule has 0 aliphatic carbocycles. The third kappa shape index (κ3) is 2.25. The Morgan fingerprint density at radius 3 is 2.94 bits per heavy atom. The second kappa shape index (κ2) is 4.65. The minimum atomic E-state index is -0.953. The second-order valence-electron chi connectivity index (χ2n) is 3.62. The molecule has 0 unspecified atom stereocenters. The molecule has 0 saturated heterocycles. The van der Waals surface area contributed by atoms with Crippen molar-refractivity contribution in [2.45, 2.75) is 6.42 Å². The van der Waals surface area contributed by atoms with Crippen LogP contribution in [-0.2, 0) is 4.79 Å². The number of hydrogen-bond acceptors (Lipinski definition) is 2. The van der Waals surface area contributed by atoms with Crippen LogP contribution >= 0.6 is 0 Å². The molecule has 0 aliphatic rings. The zero-order valence-electron chi connectivity index (χ0n) is 9.01. The van der Waals surface area contributed by atoms with Gasteiger partial charge in [0.25, 0.3) is 0 Å². The first kappa shape index (κ1) is 11.1. The van der Waals surface area contributed by atoms with Gasteiger partial charge >= 0.3 is 5.97 Å².